The molecule has 1 saturated carbocycles. The number of benzene rings is 1. The Hall–Kier alpha value is -1.75. The summed E-state index contributed by atoms with van der Waals surface area (Å²) in [4.78, 5) is 13.5. The number of quaternary nitrogens is 1. The van der Waals surface area contributed by atoms with Crippen LogP contribution >= 0.6 is 0 Å². The van der Waals surface area contributed by atoms with Gasteiger partial charge in [-0.15, -0.1) is 0 Å². The maximum atomic E-state index is 12.3. The molecular formula is C19H31N2O3+. The molecule has 0 radical (unpaired) electrons. The zero-order valence-electron chi connectivity index (χ0n) is 15.4. The number of methoxy groups -OCH3 is 2. The summed E-state index contributed by atoms with van der Waals surface area (Å²) < 4.78 is 10.6. The number of hydrogen-bond acceptors (Lipinski definition) is 3. The van der Waals surface area contributed by atoms with Crippen LogP contribution in [0.3, 0.4) is 0 Å². The molecule has 1 unspecified atom stereocenters. The van der Waals surface area contributed by atoms with Gasteiger partial charge in [-0.05, 0) is 37.0 Å². The van der Waals surface area contributed by atoms with Crippen LogP contribution in [-0.2, 0) is 11.3 Å². The van der Waals surface area contributed by atoms with Crippen LogP contribution in [0.5, 0.6) is 11.5 Å². The molecule has 1 aliphatic rings. The van der Waals surface area contributed by atoms with E-state index in [9.17, 15) is 4.79 Å². The molecule has 0 aromatic heterocycles. The molecular weight excluding hydrogens is 304 g/mol. The first kappa shape index (κ1) is 18.6. The first-order chi connectivity index (χ1) is 11.5. The summed E-state index contributed by atoms with van der Waals surface area (Å²) in [6.45, 7) is 3.50. The Balaban J connectivity index is 1.86. The van der Waals surface area contributed by atoms with Gasteiger partial charge in [0.05, 0.1) is 21.3 Å². The van der Waals surface area contributed by atoms with Crippen LogP contribution in [0.2, 0.25) is 0 Å². The molecule has 1 aromatic carbocycles. The SMILES string of the molecule is COc1ccc(C[NH+](C)CC(=O)N[C@H]2CCCC[C@H]2C)cc1OC. The molecule has 2 N–H and O–H groups in total. The van der Waals surface area contributed by atoms with E-state index >= 15 is 0 Å². The number of rotatable bonds is 7. The predicted octanol–water partition coefficient (Wildman–Crippen LogP) is 1.41. The topological polar surface area (TPSA) is 52.0 Å². The van der Waals surface area contributed by atoms with E-state index in [0.717, 1.165) is 34.9 Å². The number of hydrogen-bond donors (Lipinski definition) is 2. The number of nitrogens with one attached hydrogen (secondary N) is 2. The van der Waals surface area contributed by atoms with Gasteiger partial charge >= 0.3 is 0 Å². The third-order valence-electron chi connectivity index (χ3n) is 4.87. The Morgan fingerprint density at radius 1 is 1.21 bits per heavy atom. The lowest BCUT2D eigenvalue weighted by Gasteiger charge is -2.29. The molecule has 1 amide bonds. The van der Waals surface area contributed by atoms with Crippen molar-refractivity contribution in [2.24, 2.45) is 5.92 Å². The number of likely N-dealkylation sites (N-methyl/N-ethyl adjacent to an activating group) is 1. The van der Waals surface area contributed by atoms with Crippen LogP contribution in [-0.4, -0.2) is 39.8 Å². The predicted molar refractivity (Wildman–Crippen MR) is 94.6 cm³/mol. The smallest absolute Gasteiger partial charge is 0.275 e. The van der Waals surface area contributed by atoms with Gasteiger partial charge in [-0.25, -0.2) is 0 Å². The van der Waals surface area contributed by atoms with Crippen molar-refractivity contribution in [3.05, 3.63) is 23.8 Å². The first-order valence-corrected chi connectivity index (χ1v) is 8.85. The van der Waals surface area contributed by atoms with Gasteiger partial charge in [0.25, 0.3) is 5.91 Å². The molecule has 5 nitrogen and oxygen atoms in total. The normalized spacial score (nSPS) is 21.8. The van der Waals surface area contributed by atoms with E-state index in [2.05, 4.69) is 12.2 Å². The second-order valence-corrected chi connectivity index (χ2v) is 6.94. The largest absolute Gasteiger partial charge is 0.493 e. The van der Waals surface area contributed by atoms with Gasteiger partial charge in [0.2, 0.25) is 0 Å². The second-order valence-electron chi connectivity index (χ2n) is 6.94. The van der Waals surface area contributed by atoms with Crippen LogP contribution in [0.1, 0.15) is 38.2 Å². The fraction of sp³-hybridized carbons (Fsp3) is 0.632. The molecule has 1 aliphatic carbocycles. The summed E-state index contributed by atoms with van der Waals surface area (Å²) in [5.74, 6) is 2.19. The van der Waals surface area contributed by atoms with Gasteiger partial charge in [-0.1, -0.05) is 19.8 Å². The van der Waals surface area contributed by atoms with Gasteiger partial charge in [0.1, 0.15) is 6.54 Å². The van der Waals surface area contributed by atoms with Gasteiger partial charge in [0.15, 0.2) is 18.0 Å². The second kappa shape index (κ2) is 8.92. The van der Waals surface area contributed by atoms with Crippen LogP contribution in [0.25, 0.3) is 0 Å². The van der Waals surface area contributed by atoms with Crippen LogP contribution in [0.15, 0.2) is 18.2 Å². The highest BCUT2D eigenvalue weighted by molar-refractivity contribution is 5.77. The van der Waals surface area contributed by atoms with Crippen molar-refractivity contribution >= 4 is 5.91 Å². The molecule has 2 rings (SSSR count). The molecule has 134 valence electrons. The Bertz CT molecular complexity index is 547. The van der Waals surface area contributed by atoms with Gasteiger partial charge < -0.3 is 19.7 Å². The zero-order chi connectivity index (χ0) is 17.5. The molecule has 0 saturated heterocycles. The van der Waals surface area contributed by atoms with Gasteiger partial charge in [-0.2, -0.15) is 0 Å². The third-order valence-corrected chi connectivity index (χ3v) is 4.87. The van der Waals surface area contributed by atoms with Crippen molar-refractivity contribution in [1.82, 2.24) is 5.32 Å². The summed E-state index contributed by atoms with van der Waals surface area (Å²) in [5.41, 5.74) is 1.13. The highest BCUT2D eigenvalue weighted by Gasteiger charge is 2.23. The lowest BCUT2D eigenvalue weighted by molar-refractivity contribution is -0.885. The highest BCUT2D eigenvalue weighted by Crippen LogP contribution is 2.27. The maximum absolute atomic E-state index is 12.3. The Labute approximate surface area is 145 Å². The van der Waals surface area contributed by atoms with E-state index < -0.39 is 0 Å². The van der Waals surface area contributed by atoms with Crippen molar-refractivity contribution in [2.45, 2.75) is 45.2 Å². The summed E-state index contributed by atoms with van der Waals surface area (Å²) in [6.07, 6.45) is 4.85. The van der Waals surface area contributed by atoms with Crippen molar-refractivity contribution in [3.8, 4) is 11.5 Å². The van der Waals surface area contributed by atoms with E-state index in [1.54, 1.807) is 14.2 Å². The molecule has 0 spiro atoms. The summed E-state index contributed by atoms with van der Waals surface area (Å²) in [6, 6.07) is 6.25. The minimum absolute atomic E-state index is 0.145. The lowest BCUT2D eigenvalue weighted by atomic mass is 9.86. The van der Waals surface area contributed by atoms with E-state index in [0.29, 0.717) is 18.5 Å². The molecule has 0 aliphatic heterocycles. The van der Waals surface area contributed by atoms with Crippen LogP contribution in [0.4, 0.5) is 0 Å². The molecule has 1 aromatic rings. The van der Waals surface area contributed by atoms with Crippen LogP contribution < -0.4 is 19.7 Å². The zero-order valence-corrected chi connectivity index (χ0v) is 15.4. The van der Waals surface area contributed by atoms with Gasteiger partial charge in [-0.3, -0.25) is 4.79 Å². The van der Waals surface area contributed by atoms with E-state index in [1.165, 1.54) is 19.3 Å². The molecule has 3 atom stereocenters. The molecule has 0 heterocycles. The van der Waals surface area contributed by atoms with Crippen molar-refractivity contribution in [2.75, 3.05) is 27.8 Å². The standard InChI is InChI=1S/C19H30N2O3/c1-14-7-5-6-8-16(14)20-19(22)13-21(2)12-15-9-10-17(23-3)18(11-15)24-4/h9-11,14,16H,5-8,12-13H2,1-4H3,(H,20,22)/p+1/t14-,16+/m1/s1. The van der Waals surface area contributed by atoms with Crippen molar-refractivity contribution in [1.29, 1.82) is 0 Å². The molecule has 24 heavy (non-hydrogen) atoms. The molecule has 1 fully saturated rings. The Morgan fingerprint density at radius 3 is 2.58 bits per heavy atom. The maximum Gasteiger partial charge on any atom is 0.275 e. The van der Waals surface area contributed by atoms with Crippen molar-refractivity contribution < 1.29 is 19.2 Å². The van der Waals surface area contributed by atoms with E-state index in [4.69, 9.17) is 9.47 Å². The van der Waals surface area contributed by atoms with Crippen molar-refractivity contribution in [3.63, 3.8) is 0 Å². The quantitative estimate of drug-likeness (QED) is 0.792. The fourth-order valence-electron chi connectivity index (χ4n) is 3.46. The minimum Gasteiger partial charge on any atom is -0.493 e. The monoisotopic (exact) mass is 335 g/mol. The summed E-state index contributed by atoms with van der Waals surface area (Å²) in [5, 5.41) is 3.22. The molecule has 5 heteroatoms. The number of carbonyl (C=O) groups excluding carboxylic acids is 1. The fourth-order valence-corrected chi connectivity index (χ4v) is 3.46. The summed E-state index contributed by atoms with van der Waals surface area (Å²) >= 11 is 0. The van der Waals surface area contributed by atoms with Crippen LogP contribution in [0, 0.1) is 5.92 Å². The lowest BCUT2D eigenvalue weighted by Crippen LogP contribution is -3.09. The third kappa shape index (κ3) is 5.13. The van der Waals surface area contributed by atoms with E-state index in [-0.39, 0.29) is 5.91 Å². The van der Waals surface area contributed by atoms with Gasteiger partial charge in [0, 0.05) is 11.6 Å². The highest BCUT2D eigenvalue weighted by atomic mass is 16.5. The van der Waals surface area contributed by atoms with E-state index in [1.807, 2.05) is 25.2 Å². The minimum atomic E-state index is 0.145. The Morgan fingerprint density at radius 2 is 1.92 bits per heavy atom. The molecule has 0 bridgehead atoms. The average Bonchev–Trinajstić information content (AvgIpc) is 2.56. The average molecular weight is 335 g/mol. The number of amides is 1. The number of ether oxygens (including phenoxy) is 2. The number of carbonyl (C=O) groups is 1. The Kier molecular flexibility index (Phi) is 6.91. The first-order valence-electron chi connectivity index (χ1n) is 8.85. The summed E-state index contributed by atoms with van der Waals surface area (Å²) in [7, 11) is 5.31.